The molecule has 196 valence electrons. The number of rotatable bonds is 2. The maximum Gasteiger partial charge on any atom is 0.143 e. The van der Waals surface area contributed by atoms with Gasteiger partial charge in [0.05, 0.1) is 22.4 Å². The number of para-hydroxylation sites is 1. The Kier molecular flexibility index (Phi) is 4.82. The zero-order chi connectivity index (χ0) is 27.8. The summed E-state index contributed by atoms with van der Waals surface area (Å²) in [7, 11) is 0. The molecular formula is C39H24N2O. The van der Waals surface area contributed by atoms with E-state index in [2.05, 4.69) is 122 Å². The number of benzene rings is 7. The van der Waals surface area contributed by atoms with Crippen LogP contribution in [0.1, 0.15) is 5.69 Å². The number of fused-ring (bicyclic) bond motifs is 11. The Labute approximate surface area is 241 Å². The summed E-state index contributed by atoms with van der Waals surface area (Å²) in [5.74, 6) is 0. The maximum atomic E-state index is 6.61. The van der Waals surface area contributed by atoms with E-state index >= 15 is 0 Å². The average molecular weight is 537 g/mol. The van der Waals surface area contributed by atoms with E-state index in [0.717, 1.165) is 71.8 Å². The smallest absolute Gasteiger partial charge is 0.143 e. The summed E-state index contributed by atoms with van der Waals surface area (Å²) >= 11 is 0. The van der Waals surface area contributed by atoms with Crippen LogP contribution in [0.2, 0.25) is 0 Å². The number of furan rings is 1. The van der Waals surface area contributed by atoms with Crippen LogP contribution in [-0.2, 0) is 0 Å². The van der Waals surface area contributed by atoms with Gasteiger partial charge in [-0.2, -0.15) is 0 Å². The zero-order valence-electron chi connectivity index (χ0n) is 22.9. The monoisotopic (exact) mass is 536 g/mol. The van der Waals surface area contributed by atoms with E-state index < -0.39 is 0 Å². The molecule has 0 amide bonds. The third kappa shape index (κ3) is 3.22. The standard InChI is InChI=1S/C39H24N2O/c1-23-36(41-38-31-19-9-5-15-27(31)26-14-4-8-18-30(26)37(38)40-23)29-17-7-6-16-28(29)33-22-24-12-2-3-13-25(24)35-32-20-10-11-21-34(32)42-39(33)35/h2-22H,1H3. The lowest BCUT2D eigenvalue weighted by Crippen LogP contribution is -1.98. The van der Waals surface area contributed by atoms with Crippen LogP contribution in [0.3, 0.4) is 0 Å². The summed E-state index contributed by atoms with van der Waals surface area (Å²) in [6, 6.07) is 44.6. The molecule has 9 rings (SSSR count). The van der Waals surface area contributed by atoms with Gasteiger partial charge in [0.25, 0.3) is 0 Å². The van der Waals surface area contributed by atoms with E-state index in [-0.39, 0.29) is 0 Å². The highest BCUT2D eigenvalue weighted by Crippen LogP contribution is 2.44. The van der Waals surface area contributed by atoms with Gasteiger partial charge in [-0.15, -0.1) is 0 Å². The quantitative estimate of drug-likeness (QED) is 0.206. The molecule has 2 aromatic heterocycles. The Morgan fingerprint density at radius 3 is 1.76 bits per heavy atom. The van der Waals surface area contributed by atoms with Crippen molar-refractivity contribution in [1.29, 1.82) is 0 Å². The van der Waals surface area contributed by atoms with Gasteiger partial charge in [-0.3, -0.25) is 0 Å². The minimum Gasteiger partial charge on any atom is -0.455 e. The SMILES string of the molecule is Cc1nc2c3ccccc3c3ccccc3c2nc1-c1ccccc1-c1cc2ccccc2c2c1oc1ccccc12. The molecule has 0 saturated carbocycles. The van der Waals surface area contributed by atoms with Crippen molar-refractivity contribution in [3.05, 3.63) is 133 Å². The number of aryl methyl sites for hydroxylation is 1. The summed E-state index contributed by atoms with van der Waals surface area (Å²) in [4.78, 5) is 10.6. The first-order chi connectivity index (χ1) is 20.8. The van der Waals surface area contributed by atoms with Crippen molar-refractivity contribution >= 4 is 65.3 Å². The van der Waals surface area contributed by atoms with E-state index in [0.29, 0.717) is 0 Å². The Morgan fingerprint density at radius 2 is 1.02 bits per heavy atom. The van der Waals surface area contributed by atoms with Gasteiger partial charge in [0.1, 0.15) is 11.2 Å². The molecule has 0 fully saturated rings. The molecule has 3 heteroatoms. The highest BCUT2D eigenvalue weighted by molar-refractivity contribution is 6.24. The molecule has 0 spiro atoms. The van der Waals surface area contributed by atoms with Crippen LogP contribution in [0.15, 0.2) is 132 Å². The molecular weight excluding hydrogens is 512 g/mol. The Balaban J connectivity index is 1.39. The molecule has 0 aliphatic carbocycles. The minimum absolute atomic E-state index is 0.885. The number of hydrogen-bond acceptors (Lipinski definition) is 3. The predicted octanol–water partition coefficient (Wildman–Crippen LogP) is 10.6. The molecule has 9 aromatic rings. The first-order valence-corrected chi connectivity index (χ1v) is 14.3. The highest BCUT2D eigenvalue weighted by atomic mass is 16.3. The molecule has 0 aliphatic heterocycles. The lowest BCUT2D eigenvalue weighted by Gasteiger charge is -2.15. The van der Waals surface area contributed by atoms with E-state index in [1.165, 1.54) is 21.5 Å². The van der Waals surface area contributed by atoms with Gasteiger partial charge in [-0.1, -0.05) is 115 Å². The van der Waals surface area contributed by atoms with Crippen LogP contribution in [0, 0.1) is 6.92 Å². The van der Waals surface area contributed by atoms with E-state index in [4.69, 9.17) is 14.4 Å². The number of hydrogen-bond donors (Lipinski definition) is 0. The lowest BCUT2D eigenvalue weighted by molar-refractivity contribution is 0.670. The molecule has 0 aliphatic rings. The Bertz CT molecular complexity index is 2540. The summed E-state index contributed by atoms with van der Waals surface area (Å²) in [6.07, 6.45) is 0. The van der Waals surface area contributed by atoms with Gasteiger partial charge in [0, 0.05) is 32.7 Å². The van der Waals surface area contributed by atoms with Crippen LogP contribution in [0.4, 0.5) is 0 Å². The molecule has 0 N–H and O–H groups in total. The van der Waals surface area contributed by atoms with Crippen molar-refractivity contribution in [1.82, 2.24) is 9.97 Å². The fourth-order valence-electron chi connectivity index (χ4n) is 6.70. The molecule has 2 heterocycles. The zero-order valence-corrected chi connectivity index (χ0v) is 22.9. The maximum absolute atomic E-state index is 6.61. The molecule has 7 aromatic carbocycles. The summed E-state index contributed by atoms with van der Waals surface area (Å²) < 4.78 is 6.61. The summed E-state index contributed by atoms with van der Waals surface area (Å²) in [5.41, 5.74) is 8.61. The second-order valence-corrected chi connectivity index (χ2v) is 10.9. The van der Waals surface area contributed by atoms with Gasteiger partial charge in [-0.05, 0) is 46.2 Å². The second-order valence-electron chi connectivity index (χ2n) is 10.9. The van der Waals surface area contributed by atoms with Gasteiger partial charge >= 0.3 is 0 Å². The van der Waals surface area contributed by atoms with Gasteiger partial charge in [0.2, 0.25) is 0 Å². The molecule has 0 bridgehead atoms. The molecule has 0 saturated heterocycles. The fourth-order valence-corrected chi connectivity index (χ4v) is 6.70. The molecule has 0 unspecified atom stereocenters. The number of aromatic nitrogens is 2. The fraction of sp³-hybridized carbons (Fsp3) is 0.0256. The minimum atomic E-state index is 0.885. The van der Waals surface area contributed by atoms with Gasteiger partial charge in [-0.25, -0.2) is 9.97 Å². The normalized spacial score (nSPS) is 11.9. The third-order valence-electron chi connectivity index (χ3n) is 8.57. The third-order valence-corrected chi connectivity index (χ3v) is 8.57. The Hall–Kier alpha value is -5.54. The van der Waals surface area contributed by atoms with Crippen LogP contribution in [0.5, 0.6) is 0 Å². The molecule has 3 nitrogen and oxygen atoms in total. The molecule has 0 radical (unpaired) electrons. The topological polar surface area (TPSA) is 38.9 Å². The van der Waals surface area contributed by atoms with Gasteiger partial charge in [0.15, 0.2) is 0 Å². The largest absolute Gasteiger partial charge is 0.455 e. The molecule has 42 heavy (non-hydrogen) atoms. The van der Waals surface area contributed by atoms with Crippen molar-refractivity contribution in [3.63, 3.8) is 0 Å². The predicted molar refractivity (Wildman–Crippen MR) is 175 cm³/mol. The van der Waals surface area contributed by atoms with Crippen molar-refractivity contribution in [3.8, 4) is 22.4 Å². The van der Waals surface area contributed by atoms with Gasteiger partial charge < -0.3 is 4.42 Å². The summed E-state index contributed by atoms with van der Waals surface area (Å²) in [5, 5.41) is 9.28. The Morgan fingerprint density at radius 1 is 0.476 bits per heavy atom. The van der Waals surface area contributed by atoms with Crippen LogP contribution >= 0.6 is 0 Å². The first kappa shape index (κ1) is 23.2. The second kappa shape index (κ2) is 8.73. The van der Waals surface area contributed by atoms with Crippen LogP contribution < -0.4 is 0 Å². The number of nitrogens with zero attached hydrogens (tertiary/aromatic N) is 2. The average Bonchev–Trinajstić information content (AvgIpc) is 3.44. The van der Waals surface area contributed by atoms with Crippen LogP contribution in [-0.4, -0.2) is 9.97 Å². The van der Waals surface area contributed by atoms with E-state index in [1.54, 1.807) is 0 Å². The van der Waals surface area contributed by atoms with E-state index in [9.17, 15) is 0 Å². The lowest BCUT2D eigenvalue weighted by atomic mass is 9.92. The van der Waals surface area contributed by atoms with Crippen molar-refractivity contribution in [2.24, 2.45) is 0 Å². The first-order valence-electron chi connectivity index (χ1n) is 14.3. The highest BCUT2D eigenvalue weighted by Gasteiger charge is 2.21. The van der Waals surface area contributed by atoms with Crippen molar-refractivity contribution in [2.45, 2.75) is 6.92 Å². The summed E-state index contributed by atoms with van der Waals surface area (Å²) in [6.45, 7) is 2.07. The van der Waals surface area contributed by atoms with Crippen molar-refractivity contribution < 1.29 is 4.42 Å². The van der Waals surface area contributed by atoms with Crippen LogP contribution in [0.25, 0.3) is 87.7 Å². The molecule has 0 atom stereocenters. The van der Waals surface area contributed by atoms with Crippen molar-refractivity contribution in [2.75, 3.05) is 0 Å². The van der Waals surface area contributed by atoms with E-state index in [1.807, 2.05) is 12.1 Å².